The molecular formula is C10H16N2O3S. The Kier molecular flexibility index (Phi) is 4.26. The third-order valence-corrected chi connectivity index (χ3v) is 3.54. The first-order valence-electron chi connectivity index (χ1n) is 4.85. The molecule has 6 heteroatoms. The zero-order valence-corrected chi connectivity index (χ0v) is 10.7. The van der Waals surface area contributed by atoms with Gasteiger partial charge in [0.2, 0.25) is 0 Å². The maximum Gasteiger partial charge on any atom is 0.333 e. The Labute approximate surface area is 98.7 Å². The van der Waals surface area contributed by atoms with Gasteiger partial charge in [0.15, 0.2) is 11.2 Å². The van der Waals surface area contributed by atoms with Crippen LogP contribution in [0.25, 0.3) is 0 Å². The number of carboxylic acids is 1. The number of nitrogens with zero attached hydrogens (tertiary/aromatic N) is 2. The number of ether oxygens (including phenoxy) is 1. The minimum Gasteiger partial charge on any atom is -0.479 e. The van der Waals surface area contributed by atoms with Gasteiger partial charge < -0.3 is 14.7 Å². The third kappa shape index (κ3) is 2.93. The fourth-order valence-electron chi connectivity index (χ4n) is 1.23. The largest absolute Gasteiger partial charge is 0.479 e. The number of aryl methyl sites for hydroxylation is 1. The van der Waals surface area contributed by atoms with Crippen LogP contribution >= 0.6 is 11.3 Å². The summed E-state index contributed by atoms with van der Waals surface area (Å²) in [6.07, 6.45) is -0.433. The fourth-order valence-corrected chi connectivity index (χ4v) is 2.25. The smallest absolute Gasteiger partial charge is 0.333 e. The number of hydrogen-bond donors (Lipinski definition) is 1. The summed E-state index contributed by atoms with van der Waals surface area (Å²) in [5.41, 5.74) is 0.872. The summed E-state index contributed by atoms with van der Waals surface area (Å²) in [7, 11) is 5.22. The average molecular weight is 244 g/mol. The molecule has 0 aromatic carbocycles. The second-order valence-corrected chi connectivity index (χ2v) is 4.73. The van der Waals surface area contributed by atoms with Crippen LogP contribution in [-0.2, 0) is 16.0 Å². The summed E-state index contributed by atoms with van der Waals surface area (Å²) < 4.78 is 4.91. The monoisotopic (exact) mass is 244 g/mol. The van der Waals surface area contributed by atoms with Crippen LogP contribution < -0.4 is 4.90 Å². The van der Waals surface area contributed by atoms with Crippen molar-refractivity contribution < 1.29 is 14.6 Å². The van der Waals surface area contributed by atoms with Gasteiger partial charge >= 0.3 is 5.97 Å². The Bertz CT molecular complexity index is 376. The molecule has 0 bridgehead atoms. The molecule has 1 aromatic rings. The SMILES string of the molecule is COC(Cc1sc(N(C)C)nc1C)C(=O)O. The van der Waals surface area contributed by atoms with Crippen molar-refractivity contribution in [2.24, 2.45) is 0 Å². The van der Waals surface area contributed by atoms with Crippen molar-refractivity contribution in [2.45, 2.75) is 19.4 Å². The molecule has 1 unspecified atom stereocenters. The lowest BCUT2D eigenvalue weighted by atomic mass is 10.2. The molecular weight excluding hydrogens is 228 g/mol. The normalized spacial score (nSPS) is 12.5. The molecule has 1 aromatic heterocycles. The summed E-state index contributed by atoms with van der Waals surface area (Å²) in [5, 5.41) is 9.77. The summed E-state index contributed by atoms with van der Waals surface area (Å²) >= 11 is 1.50. The van der Waals surface area contributed by atoms with Crippen LogP contribution in [0.2, 0.25) is 0 Å². The first-order chi connectivity index (χ1) is 7.45. The van der Waals surface area contributed by atoms with E-state index in [1.807, 2.05) is 25.9 Å². The minimum absolute atomic E-state index is 0.364. The van der Waals surface area contributed by atoms with Crippen LogP contribution in [0.4, 0.5) is 5.13 Å². The van der Waals surface area contributed by atoms with Crippen molar-refractivity contribution in [3.8, 4) is 0 Å². The summed E-state index contributed by atoms with van der Waals surface area (Å²) in [6, 6.07) is 0. The summed E-state index contributed by atoms with van der Waals surface area (Å²) in [4.78, 5) is 18.1. The molecule has 1 atom stereocenters. The predicted octanol–water partition coefficient (Wildman–Crippen LogP) is 1.16. The molecule has 5 nitrogen and oxygen atoms in total. The van der Waals surface area contributed by atoms with E-state index in [4.69, 9.17) is 9.84 Å². The van der Waals surface area contributed by atoms with Gasteiger partial charge in [0, 0.05) is 32.5 Å². The molecule has 0 spiro atoms. The van der Waals surface area contributed by atoms with E-state index >= 15 is 0 Å². The van der Waals surface area contributed by atoms with Gasteiger partial charge in [0.05, 0.1) is 5.69 Å². The standard InChI is InChI=1S/C10H16N2O3S/c1-6-8(5-7(15-4)9(13)14)16-10(11-6)12(2)3/h7H,5H2,1-4H3,(H,13,14). The van der Waals surface area contributed by atoms with Gasteiger partial charge in [-0.15, -0.1) is 11.3 Å². The number of aromatic nitrogens is 1. The highest BCUT2D eigenvalue weighted by Crippen LogP contribution is 2.26. The Morgan fingerprint density at radius 2 is 2.25 bits per heavy atom. The maximum atomic E-state index is 10.8. The molecule has 0 radical (unpaired) electrons. The van der Waals surface area contributed by atoms with E-state index in [9.17, 15) is 4.79 Å². The van der Waals surface area contributed by atoms with E-state index in [2.05, 4.69) is 4.98 Å². The molecule has 0 aliphatic heterocycles. The Morgan fingerprint density at radius 3 is 2.62 bits per heavy atom. The van der Waals surface area contributed by atoms with Gasteiger partial charge in [-0.1, -0.05) is 0 Å². The van der Waals surface area contributed by atoms with Gasteiger partial charge in [-0.2, -0.15) is 0 Å². The van der Waals surface area contributed by atoms with Gasteiger partial charge in [-0.05, 0) is 6.92 Å². The molecule has 90 valence electrons. The van der Waals surface area contributed by atoms with E-state index < -0.39 is 12.1 Å². The second-order valence-electron chi connectivity index (χ2n) is 3.67. The van der Waals surface area contributed by atoms with E-state index in [1.165, 1.54) is 18.4 Å². The van der Waals surface area contributed by atoms with E-state index in [0.717, 1.165) is 15.7 Å². The van der Waals surface area contributed by atoms with E-state index in [0.29, 0.717) is 6.42 Å². The number of hydrogen-bond acceptors (Lipinski definition) is 5. The number of anilines is 1. The Hall–Kier alpha value is -1.14. The van der Waals surface area contributed by atoms with E-state index in [-0.39, 0.29) is 0 Å². The third-order valence-electron chi connectivity index (χ3n) is 2.19. The van der Waals surface area contributed by atoms with Gasteiger partial charge in [-0.3, -0.25) is 0 Å². The molecule has 1 N–H and O–H groups in total. The molecule has 1 rings (SSSR count). The molecule has 0 fully saturated rings. The van der Waals surface area contributed by atoms with Crippen LogP contribution in [0.5, 0.6) is 0 Å². The van der Waals surface area contributed by atoms with Crippen LogP contribution in [0, 0.1) is 6.92 Å². The first kappa shape index (κ1) is 12.9. The topological polar surface area (TPSA) is 62.7 Å². The van der Waals surface area contributed by atoms with Gasteiger partial charge in [0.1, 0.15) is 0 Å². The first-order valence-corrected chi connectivity index (χ1v) is 5.66. The number of carboxylic acid groups (broad SMARTS) is 1. The van der Waals surface area contributed by atoms with Crippen molar-refractivity contribution in [3.63, 3.8) is 0 Å². The quantitative estimate of drug-likeness (QED) is 0.842. The number of methoxy groups -OCH3 is 1. The van der Waals surface area contributed by atoms with Crippen LogP contribution in [0.1, 0.15) is 10.6 Å². The number of thiazole rings is 1. The van der Waals surface area contributed by atoms with Crippen molar-refractivity contribution in [3.05, 3.63) is 10.6 Å². The van der Waals surface area contributed by atoms with E-state index in [1.54, 1.807) is 0 Å². The number of rotatable bonds is 5. The zero-order chi connectivity index (χ0) is 12.3. The van der Waals surface area contributed by atoms with Crippen LogP contribution in [0.3, 0.4) is 0 Å². The highest BCUT2D eigenvalue weighted by atomic mass is 32.1. The van der Waals surface area contributed by atoms with Crippen molar-refractivity contribution in [1.29, 1.82) is 0 Å². The van der Waals surface area contributed by atoms with Gasteiger partial charge in [-0.25, -0.2) is 9.78 Å². The van der Waals surface area contributed by atoms with Crippen molar-refractivity contribution in [2.75, 3.05) is 26.1 Å². The average Bonchev–Trinajstić information content (AvgIpc) is 2.56. The summed E-state index contributed by atoms with van der Waals surface area (Å²) in [6.45, 7) is 1.88. The lowest BCUT2D eigenvalue weighted by Crippen LogP contribution is -2.24. The molecule has 1 heterocycles. The highest BCUT2D eigenvalue weighted by Gasteiger charge is 2.20. The Morgan fingerprint density at radius 1 is 1.62 bits per heavy atom. The number of aliphatic carboxylic acids is 1. The molecule has 0 aliphatic rings. The molecule has 0 amide bonds. The second kappa shape index (κ2) is 5.27. The molecule has 16 heavy (non-hydrogen) atoms. The van der Waals surface area contributed by atoms with Crippen molar-refractivity contribution >= 4 is 22.4 Å². The van der Waals surface area contributed by atoms with Crippen molar-refractivity contribution in [1.82, 2.24) is 4.98 Å². The summed E-state index contributed by atoms with van der Waals surface area (Å²) in [5.74, 6) is -0.943. The van der Waals surface area contributed by atoms with Crippen LogP contribution in [0.15, 0.2) is 0 Å². The fraction of sp³-hybridized carbons (Fsp3) is 0.600. The lowest BCUT2D eigenvalue weighted by molar-refractivity contribution is -0.148. The highest BCUT2D eigenvalue weighted by molar-refractivity contribution is 7.15. The zero-order valence-electron chi connectivity index (χ0n) is 9.85. The molecule has 0 saturated heterocycles. The predicted molar refractivity (Wildman–Crippen MR) is 63.3 cm³/mol. The van der Waals surface area contributed by atoms with Crippen LogP contribution in [-0.4, -0.2) is 43.4 Å². The molecule has 0 aliphatic carbocycles. The van der Waals surface area contributed by atoms with Gasteiger partial charge in [0.25, 0.3) is 0 Å². The minimum atomic E-state index is -0.943. The maximum absolute atomic E-state index is 10.8. The number of carbonyl (C=O) groups is 1. The Balaban J connectivity index is 2.84. The molecule has 0 saturated carbocycles. The lowest BCUT2D eigenvalue weighted by Gasteiger charge is -2.08.